The van der Waals surface area contributed by atoms with Crippen molar-refractivity contribution in [2.24, 2.45) is 0 Å². The van der Waals surface area contributed by atoms with Crippen LogP contribution in [-0.4, -0.2) is 20.7 Å². The molecule has 0 saturated carbocycles. The molecule has 8 heteroatoms. The van der Waals surface area contributed by atoms with Crippen LogP contribution in [0, 0.1) is 5.82 Å². The minimum atomic E-state index is -0.359. The van der Waals surface area contributed by atoms with Gasteiger partial charge in [0.2, 0.25) is 11.8 Å². The number of benzene rings is 2. The average molecular weight is 402 g/mol. The molecule has 0 bridgehead atoms. The first-order valence-electron chi connectivity index (χ1n) is 9.18. The summed E-state index contributed by atoms with van der Waals surface area (Å²) in [5.41, 5.74) is 2.09. The summed E-state index contributed by atoms with van der Waals surface area (Å²) in [7, 11) is 0. The van der Waals surface area contributed by atoms with E-state index in [9.17, 15) is 9.18 Å². The summed E-state index contributed by atoms with van der Waals surface area (Å²) in [5.74, 6) is 0.491. The molecule has 30 heavy (non-hydrogen) atoms. The van der Waals surface area contributed by atoms with Crippen molar-refractivity contribution >= 4 is 22.5 Å². The predicted octanol–water partition coefficient (Wildman–Crippen LogP) is 4.73. The Bertz CT molecular complexity index is 1320. The number of aromatic nitrogens is 3. The molecule has 7 nitrogen and oxygen atoms in total. The number of carbonyl (C=O) groups excluding carboxylic acids is 1. The highest BCUT2D eigenvalue weighted by Crippen LogP contribution is 2.31. The number of amides is 1. The van der Waals surface area contributed by atoms with Crippen LogP contribution < -0.4 is 5.32 Å². The summed E-state index contributed by atoms with van der Waals surface area (Å²) >= 11 is 0. The van der Waals surface area contributed by atoms with Gasteiger partial charge in [-0.2, -0.15) is 0 Å². The van der Waals surface area contributed by atoms with E-state index in [1.165, 1.54) is 30.5 Å². The second-order valence-corrected chi connectivity index (χ2v) is 6.63. The summed E-state index contributed by atoms with van der Waals surface area (Å²) in [6, 6.07) is 16.7. The Morgan fingerprint density at radius 1 is 1.00 bits per heavy atom. The van der Waals surface area contributed by atoms with Gasteiger partial charge in [0.05, 0.1) is 11.8 Å². The Balaban J connectivity index is 1.45. The second kappa shape index (κ2) is 7.32. The monoisotopic (exact) mass is 402 g/mol. The van der Waals surface area contributed by atoms with E-state index < -0.39 is 0 Å². The highest BCUT2D eigenvalue weighted by molar-refractivity contribution is 5.96. The second-order valence-electron chi connectivity index (χ2n) is 6.63. The number of anilines is 1. The Kier molecular flexibility index (Phi) is 4.36. The summed E-state index contributed by atoms with van der Waals surface area (Å²) < 4.78 is 25.9. The van der Waals surface area contributed by atoms with Crippen LogP contribution in [0.1, 0.15) is 0 Å². The summed E-state index contributed by atoms with van der Waals surface area (Å²) in [6.07, 6.45) is 3.33. The molecule has 5 aromatic rings. The fourth-order valence-corrected chi connectivity index (χ4v) is 3.27. The first-order chi connectivity index (χ1) is 14.7. The van der Waals surface area contributed by atoms with Crippen LogP contribution in [-0.2, 0) is 11.3 Å². The molecular formula is C22H15FN4O3. The molecule has 0 fully saturated rings. The van der Waals surface area contributed by atoms with Gasteiger partial charge in [-0.3, -0.25) is 4.79 Å². The SMILES string of the molecule is O=C(Cn1cc(-c2nnc(-c3ccco3)o2)c2ccccc21)Nc1ccc(F)cc1. The zero-order valence-corrected chi connectivity index (χ0v) is 15.6. The third-order valence-corrected chi connectivity index (χ3v) is 4.62. The number of para-hydroxylation sites is 1. The van der Waals surface area contributed by atoms with Crippen LogP contribution in [0.5, 0.6) is 0 Å². The number of fused-ring (bicyclic) bond motifs is 1. The maximum atomic E-state index is 13.1. The lowest BCUT2D eigenvalue weighted by atomic mass is 10.2. The van der Waals surface area contributed by atoms with Crippen molar-refractivity contribution in [3.63, 3.8) is 0 Å². The fourth-order valence-electron chi connectivity index (χ4n) is 3.27. The molecule has 0 unspecified atom stereocenters. The maximum Gasteiger partial charge on any atom is 0.283 e. The summed E-state index contributed by atoms with van der Waals surface area (Å²) in [6.45, 7) is 0.0665. The van der Waals surface area contributed by atoms with Crippen molar-refractivity contribution in [1.82, 2.24) is 14.8 Å². The van der Waals surface area contributed by atoms with Gasteiger partial charge in [0.15, 0.2) is 5.76 Å². The zero-order valence-electron chi connectivity index (χ0n) is 15.6. The number of nitrogens with one attached hydrogen (secondary N) is 1. The molecule has 0 atom stereocenters. The number of rotatable bonds is 5. The van der Waals surface area contributed by atoms with Gasteiger partial charge >= 0.3 is 0 Å². The van der Waals surface area contributed by atoms with Gasteiger partial charge in [0, 0.05) is 22.8 Å². The lowest BCUT2D eigenvalue weighted by molar-refractivity contribution is -0.116. The van der Waals surface area contributed by atoms with E-state index in [4.69, 9.17) is 8.83 Å². The molecule has 0 aliphatic rings. The van der Waals surface area contributed by atoms with Gasteiger partial charge in [-0.15, -0.1) is 10.2 Å². The van der Waals surface area contributed by atoms with E-state index >= 15 is 0 Å². The van der Waals surface area contributed by atoms with Gasteiger partial charge in [-0.1, -0.05) is 18.2 Å². The number of furan rings is 1. The standard InChI is InChI=1S/C22H15FN4O3/c23-14-7-9-15(10-8-14)24-20(28)13-27-12-17(16-4-1-2-5-18(16)27)21-25-26-22(30-21)19-6-3-11-29-19/h1-12H,13H2,(H,24,28). The molecule has 1 amide bonds. The van der Waals surface area contributed by atoms with E-state index in [-0.39, 0.29) is 24.2 Å². The molecule has 2 aromatic carbocycles. The highest BCUT2D eigenvalue weighted by Gasteiger charge is 2.18. The van der Waals surface area contributed by atoms with Crippen LogP contribution in [0.15, 0.2) is 82.0 Å². The number of carbonyl (C=O) groups is 1. The van der Waals surface area contributed by atoms with Crippen molar-refractivity contribution < 1.29 is 18.0 Å². The topological polar surface area (TPSA) is 86.1 Å². The van der Waals surface area contributed by atoms with Crippen molar-refractivity contribution in [2.45, 2.75) is 6.54 Å². The maximum absolute atomic E-state index is 13.1. The first-order valence-corrected chi connectivity index (χ1v) is 9.18. The number of hydrogen-bond acceptors (Lipinski definition) is 5. The third-order valence-electron chi connectivity index (χ3n) is 4.62. The van der Waals surface area contributed by atoms with Crippen LogP contribution in [0.25, 0.3) is 34.0 Å². The molecular weight excluding hydrogens is 387 g/mol. The lowest BCUT2D eigenvalue weighted by Crippen LogP contribution is -2.18. The van der Waals surface area contributed by atoms with Gasteiger partial charge in [0.1, 0.15) is 12.4 Å². The molecule has 3 aromatic heterocycles. The molecule has 5 rings (SSSR count). The van der Waals surface area contributed by atoms with Crippen LogP contribution >= 0.6 is 0 Å². The van der Waals surface area contributed by atoms with E-state index in [1.807, 2.05) is 24.3 Å². The average Bonchev–Trinajstić information content (AvgIpc) is 3.49. The number of hydrogen-bond donors (Lipinski definition) is 1. The number of nitrogens with zero attached hydrogens (tertiary/aromatic N) is 3. The predicted molar refractivity (Wildman–Crippen MR) is 108 cm³/mol. The summed E-state index contributed by atoms with van der Waals surface area (Å²) in [5, 5.41) is 11.8. The molecule has 1 N–H and O–H groups in total. The van der Waals surface area contributed by atoms with E-state index in [0.29, 0.717) is 22.9 Å². The molecule has 0 radical (unpaired) electrons. The van der Waals surface area contributed by atoms with E-state index in [1.54, 1.807) is 22.9 Å². The van der Waals surface area contributed by atoms with Crippen LogP contribution in [0.2, 0.25) is 0 Å². The smallest absolute Gasteiger partial charge is 0.283 e. The molecule has 148 valence electrons. The quantitative estimate of drug-likeness (QED) is 0.459. The van der Waals surface area contributed by atoms with E-state index in [0.717, 1.165) is 10.9 Å². The van der Waals surface area contributed by atoms with Gasteiger partial charge < -0.3 is 18.7 Å². The van der Waals surface area contributed by atoms with E-state index in [2.05, 4.69) is 15.5 Å². The van der Waals surface area contributed by atoms with Crippen LogP contribution in [0.4, 0.5) is 10.1 Å². The number of halogens is 1. The zero-order chi connectivity index (χ0) is 20.5. The van der Waals surface area contributed by atoms with Gasteiger partial charge in [-0.05, 0) is 42.5 Å². The fraction of sp³-hybridized carbons (Fsp3) is 0.0455. The van der Waals surface area contributed by atoms with Crippen molar-refractivity contribution in [2.75, 3.05) is 5.32 Å². The molecule has 0 aliphatic heterocycles. The first kappa shape index (κ1) is 17.9. The largest absolute Gasteiger partial charge is 0.459 e. The minimum Gasteiger partial charge on any atom is -0.459 e. The Morgan fingerprint density at radius 3 is 2.60 bits per heavy atom. The minimum absolute atomic E-state index is 0.0665. The third kappa shape index (κ3) is 3.35. The molecule has 0 spiro atoms. The molecule has 3 heterocycles. The Labute approximate surface area is 169 Å². The molecule has 0 saturated heterocycles. The summed E-state index contributed by atoms with van der Waals surface area (Å²) in [4.78, 5) is 12.5. The lowest BCUT2D eigenvalue weighted by Gasteiger charge is -2.07. The normalized spacial score (nSPS) is 11.1. The van der Waals surface area contributed by atoms with Crippen LogP contribution in [0.3, 0.4) is 0 Å². The highest BCUT2D eigenvalue weighted by atomic mass is 19.1. The molecule has 0 aliphatic carbocycles. The van der Waals surface area contributed by atoms with Gasteiger partial charge in [0.25, 0.3) is 5.89 Å². The Morgan fingerprint density at radius 2 is 1.80 bits per heavy atom. The van der Waals surface area contributed by atoms with Crippen molar-refractivity contribution in [3.8, 4) is 23.1 Å². The van der Waals surface area contributed by atoms with Crippen molar-refractivity contribution in [3.05, 3.63) is 78.9 Å². The van der Waals surface area contributed by atoms with Crippen molar-refractivity contribution in [1.29, 1.82) is 0 Å². The Hall–Kier alpha value is -4.20. The van der Waals surface area contributed by atoms with Gasteiger partial charge in [-0.25, -0.2) is 4.39 Å².